The molecule has 1 atom stereocenters. The van der Waals surface area contributed by atoms with Gasteiger partial charge >= 0.3 is 5.97 Å². The SMILES string of the molecule is NC(CS)C(=O)O.[Mn]. The van der Waals surface area contributed by atoms with Gasteiger partial charge in [0, 0.05) is 22.8 Å². The molecule has 0 aliphatic heterocycles. The molecule has 0 aliphatic rings. The van der Waals surface area contributed by atoms with Crippen LogP contribution in [-0.2, 0) is 21.9 Å². The van der Waals surface area contributed by atoms with E-state index in [-0.39, 0.29) is 22.8 Å². The van der Waals surface area contributed by atoms with Gasteiger partial charge in [-0.05, 0) is 0 Å². The van der Waals surface area contributed by atoms with Crippen LogP contribution in [0.5, 0.6) is 0 Å². The van der Waals surface area contributed by atoms with Crippen LogP contribution in [0.2, 0.25) is 0 Å². The molecule has 0 aliphatic carbocycles. The van der Waals surface area contributed by atoms with E-state index in [1.807, 2.05) is 0 Å². The van der Waals surface area contributed by atoms with Gasteiger partial charge in [-0.2, -0.15) is 12.6 Å². The van der Waals surface area contributed by atoms with Gasteiger partial charge in [0.2, 0.25) is 0 Å². The van der Waals surface area contributed by atoms with Crippen molar-refractivity contribution in [1.29, 1.82) is 0 Å². The fourth-order valence-electron chi connectivity index (χ4n) is 0.0781. The van der Waals surface area contributed by atoms with Gasteiger partial charge in [-0.3, -0.25) is 4.79 Å². The molecule has 0 aromatic heterocycles. The van der Waals surface area contributed by atoms with Gasteiger partial charge in [0.1, 0.15) is 6.04 Å². The zero-order chi connectivity index (χ0) is 5.86. The fraction of sp³-hybridized carbons (Fsp3) is 0.667. The van der Waals surface area contributed by atoms with Crippen LogP contribution in [0.4, 0.5) is 0 Å². The minimum atomic E-state index is -1.00. The standard InChI is InChI=1S/C3H7NO2S.Mn/c4-2(1-7)3(5)6;/h2,7H,1,4H2,(H,5,6);. The summed E-state index contributed by atoms with van der Waals surface area (Å²) in [4.78, 5) is 9.76. The van der Waals surface area contributed by atoms with Crippen LogP contribution < -0.4 is 5.73 Å². The first-order chi connectivity index (χ1) is 3.18. The molecule has 0 rings (SSSR count). The third-order valence-corrected chi connectivity index (χ3v) is 0.907. The Kier molecular flexibility index (Phi) is 7.57. The Hall–Kier alpha value is 0.299. The average molecular weight is 176 g/mol. The van der Waals surface area contributed by atoms with Crippen LogP contribution in [0, 0.1) is 0 Å². The van der Waals surface area contributed by atoms with E-state index in [1.54, 1.807) is 0 Å². The van der Waals surface area contributed by atoms with Crippen molar-refractivity contribution >= 4 is 18.6 Å². The molecule has 0 aromatic rings. The number of carbonyl (C=O) groups is 1. The summed E-state index contributed by atoms with van der Waals surface area (Å²) in [6.45, 7) is 0. The summed E-state index contributed by atoms with van der Waals surface area (Å²) in [6.07, 6.45) is 0. The number of hydrogen-bond donors (Lipinski definition) is 3. The Balaban J connectivity index is 0. The minimum absolute atomic E-state index is 0. The summed E-state index contributed by atoms with van der Waals surface area (Å²) in [5, 5.41) is 8.01. The average Bonchev–Trinajstić information content (AvgIpc) is 1.65. The molecule has 0 heterocycles. The monoisotopic (exact) mass is 176 g/mol. The van der Waals surface area contributed by atoms with E-state index >= 15 is 0 Å². The van der Waals surface area contributed by atoms with E-state index in [0.29, 0.717) is 0 Å². The zero-order valence-corrected chi connectivity index (χ0v) is 6.12. The smallest absolute Gasteiger partial charge is 0.321 e. The summed E-state index contributed by atoms with van der Waals surface area (Å²) in [6, 6.07) is -0.816. The second-order valence-electron chi connectivity index (χ2n) is 1.13. The number of hydrogen-bond acceptors (Lipinski definition) is 3. The van der Waals surface area contributed by atoms with E-state index in [2.05, 4.69) is 12.6 Å². The van der Waals surface area contributed by atoms with Crippen molar-refractivity contribution in [1.82, 2.24) is 0 Å². The summed E-state index contributed by atoms with van der Waals surface area (Å²) in [5.74, 6) is -0.815. The normalized spacial score (nSPS) is 11.8. The molecule has 0 saturated heterocycles. The van der Waals surface area contributed by atoms with Crippen molar-refractivity contribution in [2.45, 2.75) is 6.04 Å². The van der Waals surface area contributed by atoms with Crippen LogP contribution in [-0.4, -0.2) is 22.9 Å². The Morgan fingerprint density at radius 1 is 1.88 bits per heavy atom. The number of rotatable bonds is 2. The minimum Gasteiger partial charge on any atom is -0.480 e. The molecule has 8 heavy (non-hydrogen) atoms. The molecular weight excluding hydrogens is 169 g/mol. The van der Waals surface area contributed by atoms with Gasteiger partial charge in [-0.15, -0.1) is 0 Å². The maximum atomic E-state index is 9.76. The molecule has 3 N–H and O–H groups in total. The summed E-state index contributed by atoms with van der Waals surface area (Å²) in [5.41, 5.74) is 4.94. The molecule has 1 radical (unpaired) electrons. The molecule has 0 spiro atoms. The molecular formula is C3H7MnNO2S. The Morgan fingerprint density at radius 2 is 2.25 bits per heavy atom. The topological polar surface area (TPSA) is 63.3 Å². The largest absolute Gasteiger partial charge is 0.480 e. The molecule has 0 bridgehead atoms. The molecule has 0 amide bonds. The molecule has 0 aromatic carbocycles. The third kappa shape index (κ3) is 4.46. The molecule has 3 nitrogen and oxygen atoms in total. The zero-order valence-electron chi connectivity index (χ0n) is 4.04. The van der Waals surface area contributed by atoms with E-state index in [0.717, 1.165) is 0 Å². The van der Waals surface area contributed by atoms with Gasteiger partial charge in [0.25, 0.3) is 0 Å². The van der Waals surface area contributed by atoms with Crippen LogP contribution in [0.25, 0.3) is 0 Å². The maximum Gasteiger partial charge on any atom is 0.321 e. The van der Waals surface area contributed by atoms with Crippen LogP contribution in [0.3, 0.4) is 0 Å². The van der Waals surface area contributed by atoms with Crippen LogP contribution in [0.1, 0.15) is 0 Å². The first kappa shape index (κ1) is 11.1. The van der Waals surface area contributed by atoms with Gasteiger partial charge in [-0.1, -0.05) is 0 Å². The fourth-order valence-corrected chi connectivity index (χ4v) is 0.234. The third-order valence-electron chi connectivity index (χ3n) is 0.514. The van der Waals surface area contributed by atoms with E-state index < -0.39 is 12.0 Å². The van der Waals surface area contributed by atoms with Crippen molar-refractivity contribution in [3.05, 3.63) is 0 Å². The Labute approximate surface area is 63.5 Å². The van der Waals surface area contributed by atoms with Gasteiger partial charge in [-0.25, -0.2) is 0 Å². The molecule has 1 unspecified atom stereocenters. The second-order valence-corrected chi connectivity index (χ2v) is 1.49. The molecule has 5 heteroatoms. The Morgan fingerprint density at radius 3 is 2.25 bits per heavy atom. The summed E-state index contributed by atoms with van der Waals surface area (Å²) < 4.78 is 0. The summed E-state index contributed by atoms with van der Waals surface area (Å²) >= 11 is 3.65. The van der Waals surface area contributed by atoms with E-state index in [9.17, 15) is 4.79 Å². The number of nitrogens with two attached hydrogens (primary N) is 1. The first-order valence-corrected chi connectivity index (χ1v) is 2.41. The maximum absolute atomic E-state index is 9.76. The van der Waals surface area contributed by atoms with E-state index in [1.165, 1.54) is 0 Å². The van der Waals surface area contributed by atoms with Gasteiger partial charge in [0.05, 0.1) is 0 Å². The van der Waals surface area contributed by atoms with Crippen molar-refractivity contribution in [3.63, 3.8) is 0 Å². The summed E-state index contributed by atoms with van der Waals surface area (Å²) in [7, 11) is 0. The number of aliphatic carboxylic acids is 1. The quantitative estimate of drug-likeness (QED) is 0.386. The van der Waals surface area contributed by atoms with Crippen LogP contribution in [0.15, 0.2) is 0 Å². The van der Waals surface area contributed by atoms with Crippen molar-refractivity contribution in [3.8, 4) is 0 Å². The van der Waals surface area contributed by atoms with Gasteiger partial charge in [0.15, 0.2) is 0 Å². The van der Waals surface area contributed by atoms with Crippen LogP contribution >= 0.6 is 12.6 Å². The predicted molar refractivity (Wildman–Crippen MR) is 29.5 cm³/mol. The second kappa shape index (κ2) is 5.44. The number of carboxylic acid groups (broad SMARTS) is 1. The van der Waals surface area contributed by atoms with E-state index in [4.69, 9.17) is 10.8 Å². The van der Waals surface area contributed by atoms with Crippen molar-refractivity contribution in [2.75, 3.05) is 5.75 Å². The first-order valence-electron chi connectivity index (χ1n) is 1.77. The Bertz CT molecular complexity index is 79.7. The van der Waals surface area contributed by atoms with Crippen molar-refractivity contribution in [2.24, 2.45) is 5.73 Å². The number of thiol groups is 1. The van der Waals surface area contributed by atoms with Crippen molar-refractivity contribution < 1.29 is 27.0 Å². The molecule has 0 fully saturated rings. The molecule has 0 saturated carbocycles. The molecule has 49 valence electrons. The number of carboxylic acids is 1. The predicted octanol–water partition coefficient (Wildman–Crippen LogP) is -0.674. The van der Waals surface area contributed by atoms with Gasteiger partial charge < -0.3 is 10.8 Å².